The molecular weight excluding hydrogens is 483 g/mol. The Kier molecular flexibility index (Phi) is 718. The second-order valence-electron chi connectivity index (χ2n) is 0. The van der Waals surface area contributed by atoms with Crippen molar-refractivity contribution in [2.24, 2.45) is 0 Å². The molecule has 0 saturated heterocycles. The maximum Gasteiger partial charge on any atom is 0 e. The van der Waals surface area contributed by atoms with Gasteiger partial charge in [0.15, 0.2) is 0 Å². The normalized spacial score (nSPS) is 0. The van der Waals surface area contributed by atoms with Crippen LogP contribution < -0.4 is 0 Å². The van der Waals surface area contributed by atoms with E-state index in [0.29, 0.717) is 0 Å². The SMILES string of the molecule is [Cr].[Cu].[Fe].[Mg].[Mn].[Si].[Ti].[Zn].[Zr]. The Bertz CT molecular complexity index is 28.5. The Morgan fingerprint density at radius 1 is 1.00 bits per heavy atom. The fraction of sp³-hybridized carbons (Fsp3) is 0. The van der Waals surface area contributed by atoms with Crippen LogP contribution in [0.5, 0.6) is 0 Å². The summed E-state index contributed by atoms with van der Waals surface area (Å²) in [5.41, 5.74) is 0. The van der Waals surface area contributed by atoms with E-state index in [-0.39, 0.29) is 170 Å². The summed E-state index contributed by atoms with van der Waals surface area (Å²) in [7, 11) is 0. The largest absolute Gasteiger partial charge is 0 e. The second-order valence-corrected chi connectivity index (χ2v) is 0. The summed E-state index contributed by atoms with van der Waals surface area (Å²) in [5, 5.41) is 0. The average molecular weight is 483 g/mol. The topological polar surface area (TPSA) is 0 Å². The summed E-state index contributed by atoms with van der Waals surface area (Å²) in [4.78, 5) is 0. The van der Waals surface area contributed by atoms with Gasteiger partial charge < -0.3 is 0 Å². The van der Waals surface area contributed by atoms with Gasteiger partial charge in [0.1, 0.15) is 0 Å². The molecule has 0 aromatic heterocycles. The van der Waals surface area contributed by atoms with Crippen molar-refractivity contribution >= 4 is 34.0 Å². The van der Waals surface area contributed by atoms with E-state index in [1.165, 1.54) is 0 Å². The summed E-state index contributed by atoms with van der Waals surface area (Å²) in [6.07, 6.45) is 0. The molecule has 9 heteroatoms. The smallest absolute Gasteiger partial charge is 0 e. The monoisotopic (exact) mass is 479 g/mol. The summed E-state index contributed by atoms with van der Waals surface area (Å²) < 4.78 is 0. The minimum absolute atomic E-state index is 0. The van der Waals surface area contributed by atoms with Crippen LogP contribution in [-0.2, 0) is 136 Å². The van der Waals surface area contributed by atoms with Crippen LogP contribution in [0.2, 0.25) is 0 Å². The first-order chi connectivity index (χ1) is 0. The Morgan fingerprint density at radius 3 is 1.00 bits per heavy atom. The van der Waals surface area contributed by atoms with E-state index in [9.17, 15) is 0 Å². The van der Waals surface area contributed by atoms with Crippen molar-refractivity contribution < 1.29 is 136 Å². The maximum atomic E-state index is 0. The molecule has 0 aliphatic heterocycles. The van der Waals surface area contributed by atoms with Gasteiger partial charge in [0.2, 0.25) is 0 Å². The second kappa shape index (κ2) is 71.7. The van der Waals surface area contributed by atoms with E-state index in [4.69, 9.17) is 0 Å². The minimum Gasteiger partial charge on any atom is 0 e. The number of rotatable bonds is 0. The third-order valence-corrected chi connectivity index (χ3v) is 0. The van der Waals surface area contributed by atoms with Crippen molar-refractivity contribution in [2.45, 2.75) is 0 Å². The predicted octanol–water partition coefficient (Wildman–Crippen LogP) is -0.779. The van der Waals surface area contributed by atoms with Crippen LogP contribution in [0.4, 0.5) is 0 Å². The maximum absolute atomic E-state index is 0. The van der Waals surface area contributed by atoms with Crippen LogP contribution in [0.25, 0.3) is 0 Å². The van der Waals surface area contributed by atoms with Gasteiger partial charge in [0, 0.05) is 170 Å². The Labute approximate surface area is 166 Å². The van der Waals surface area contributed by atoms with Gasteiger partial charge in [-0.15, -0.1) is 0 Å². The van der Waals surface area contributed by atoms with E-state index < -0.39 is 0 Å². The van der Waals surface area contributed by atoms with Crippen LogP contribution in [0.3, 0.4) is 0 Å². The van der Waals surface area contributed by atoms with Crippen molar-refractivity contribution in [1.82, 2.24) is 0 Å². The molecular formula is CrCuFeMgMnSiTiZnZr. The molecule has 0 amide bonds. The molecule has 0 saturated carbocycles. The summed E-state index contributed by atoms with van der Waals surface area (Å²) in [6, 6.07) is 0. The molecule has 0 aromatic rings. The molecule has 0 aromatic carbocycles. The molecule has 0 fully saturated rings. The zero-order chi connectivity index (χ0) is 0. The van der Waals surface area contributed by atoms with Gasteiger partial charge in [-0.3, -0.25) is 0 Å². The van der Waals surface area contributed by atoms with E-state index in [2.05, 4.69) is 0 Å². The van der Waals surface area contributed by atoms with Gasteiger partial charge in [0.25, 0.3) is 0 Å². The van der Waals surface area contributed by atoms with Crippen molar-refractivity contribution in [3.63, 3.8) is 0 Å². The third kappa shape index (κ3) is 60.5. The first-order valence-corrected chi connectivity index (χ1v) is 0. The average Bonchev–Trinajstić information content (AvgIpc) is 0. The Morgan fingerprint density at radius 2 is 1.00 bits per heavy atom. The van der Waals surface area contributed by atoms with Crippen LogP contribution >= 0.6 is 0 Å². The fourth-order valence-corrected chi connectivity index (χ4v) is 0. The van der Waals surface area contributed by atoms with Crippen LogP contribution in [-0.4, -0.2) is 34.0 Å². The van der Waals surface area contributed by atoms with E-state index in [1.807, 2.05) is 0 Å². The van der Waals surface area contributed by atoms with E-state index >= 15 is 0 Å². The molecule has 8 radical (unpaired) electrons. The van der Waals surface area contributed by atoms with Crippen molar-refractivity contribution in [3.8, 4) is 0 Å². The zero-order valence-corrected chi connectivity index (χ0v) is 18.3. The summed E-state index contributed by atoms with van der Waals surface area (Å²) in [5.74, 6) is 0. The molecule has 0 aliphatic carbocycles. The fourth-order valence-electron chi connectivity index (χ4n) is 0. The van der Waals surface area contributed by atoms with Gasteiger partial charge in [0.05, 0.1) is 0 Å². The van der Waals surface area contributed by atoms with Crippen LogP contribution in [0.1, 0.15) is 0 Å². The van der Waals surface area contributed by atoms with Gasteiger partial charge in [-0.1, -0.05) is 0 Å². The predicted molar refractivity (Wildman–Crippen MR) is 11.5 cm³/mol. The first kappa shape index (κ1) is 90.1. The van der Waals surface area contributed by atoms with E-state index in [0.717, 1.165) is 0 Å². The summed E-state index contributed by atoms with van der Waals surface area (Å²) >= 11 is 0. The minimum atomic E-state index is 0. The van der Waals surface area contributed by atoms with Gasteiger partial charge >= 0.3 is 0 Å². The number of hydrogen-bond acceptors (Lipinski definition) is 0. The quantitative estimate of drug-likeness (QED) is 0.397. The molecule has 0 bridgehead atoms. The third-order valence-electron chi connectivity index (χ3n) is 0. The molecule has 0 heterocycles. The number of hydrogen-bond donors (Lipinski definition) is 0. The summed E-state index contributed by atoms with van der Waals surface area (Å²) in [6.45, 7) is 0. The zero-order valence-electron chi connectivity index (χ0n) is 4.36. The van der Waals surface area contributed by atoms with Crippen LogP contribution in [0.15, 0.2) is 0 Å². The van der Waals surface area contributed by atoms with Crippen molar-refractivity contribution in [1.29, 1.82) is 0 Å². The van der Waals surface area contributed by atoms with Crippen molar-refractivity contribution in [3.05, 3.63) is 0 Å². The van der Waals surface area contributed by atoms with Gasteiger partial charge in [-0.05, 0) is 0 Å². The Balaban J connectivity index is 0. The molecule has 0 spiro atoms. The van der Waals surface area contributed by atoms with Crippen LogP contribution in [0, 0.1) is 0 Å². The molecule has 0 rings (SSSR count). The first-order valence-electron chi connectivity index (χ1n) is 0. The van der Waals surface area contributed by atoms with Crippen molar-refractivity contribution in [2.75, 3.05) is 0 Å². The molecule has 0 N–H and O–H groups in total. The van der Waals surface area contributed by atoms with Gasteiger partial charge in [-0.2, -0.15) is 0 Å². The molecule has 0 nitrogen and oxygen atoms in total. The molecule has 0 unspecified atom stereocenters. The molecule has 0 aliphatic rings. The molecule has 0 atom stereocenters. The molecule has 9 heavy (non-hydrogen) atoms. The standard InChI is InChI=1S/Cr.Cu.Fe.Mg.Mn.Si.Ti.Zn.Zr. The van der Waals surface area contributed by atoms with E-state index in [1.54, 1.807) is 0 Å². The van der Waals surface area contributed by atoms with Gasteiger partial charge in [-0.25, -0.2) is 0 Å². The Hall–Kier alpha value is 5.29. The molecule has 48 valence electrons.